The van der Waals surface area contributed by atoms with Crippen LogP contribution < -0.4 is 10.9 Å². The molecule has 0 aromatic carbocycles. The summed E-state index contributed by atoms with van der Waals surface area (Å²) in [5.74, 6) is -1.37. The number of nitrogens with zero attached hydrogens (tertiary/aromatic N) is 3. The molecule has 0 saturated carbocycles. The molecular weight excluding hydrogens is 511 g/mol. The van der Waals surface area contributed by atoms with Crippen LogP contribution in [0.25, 0.3) is 10.4 Å². The molecule has 3 N–H and O–H groups in total. The minimum absolute atomic E-state index is 0.0138. The number of carbonyl (C=O) groups is 2. The number of aliphatic hydroxyl groups excluding tert-OH is 1. The van der Waals surface area contributed by atoms with Crippen molar-refractivity contribution in [1.29, 1.82) is 0 Å². The second-order valence-electron chi connectivity index (χ2n) is 9.96. The molecule has 2 unspecified atom stereocenters. The zero-order valence-electron chi connectivity index (χ0n) is 21.2. The van der Waals surface area contributed by atoms with E-state index in [1.807, 2.05) is 27.7 Å². The lowest BCUT2D eigenvalue weighted by atomic mass is 10.1. The molecule has 37 heavy (non-hydrogen) atoms. The Balaban J connectivity index is 0.000000555. The minimum Gasteiger partial charge on any atom is -0.391 e. The van der Waals surface area contributed by atoms with Crippen LogP contribution in [0.5, 0.6) is 0 Å². The summed E-state index contributed by atoms with van der Waals surface area (Å²) in [5.41, 5.74) is 0.0392. The van der Waals surface area contributed by atoms with Crippen molar-refractivity contribution in [2.24, 2.45) is 0 Å². The molecule has 2 aliphatic heterocycles. The number of ether oxygens (including phenoxy) is 1. The van der Waals surface area contributed by atoms with Crippen LogP contribution in [0.1, 0.15) is 79.2 Å². The third kappa shape index (κ3) is 7.39. The third-order valence-corrected chi connectivity index (χ3v) is 6.84. The van der Waals surface area contributed by atoms with Crippen LogP contribution in [0.4, 0.5) is 19.1 Å². The molecule has 9 nitrogen and oxygen atoms in total. The van der Waals surface area contributed by atoms with Crippen LogP contribution in [-0.4, -0.2) is 69.2 Å². The SMILES string of the molecule is CC1CCCN1C(=O)c1nc(C(=O)NF)sc1-c1cnc(NC(C)(C)C)cc1C(F)F.OC1CCOC1. The maximum atomic E-state index is 13.9. The van der Waals surface area contributed by atoms with E-state index in [1.54, 1.807) is 4.90 Å². The van der Waals surface area contributed by atoms with Gasteiger partial charge in [-0.25, -0.2) is 18.7 Å². The summed E-state index contributed by atoms with van der Waals surface area (Å²) in [6, 6.07) is 1.17. The van der Waals surface area contributed by atoms with Gasteiger partial charge in [0.2, 0.25) is 0 Å². The monoisotopic (exact) mass is 543 g/mol. The van der Waals surface area contributed by atoms with E-state index >= 15 is 0 Å². The number of amides is 2. The van der Waals surface area contributed by atoms with Crippen molar-refractivity contribution in [3.8, 4) is 10.4 Å². The Morgan fingerprint density at radius 3 is 2.51 bits per heavy atom. The zero-order valence-corrected chi connectivity index (χ0v) is 22.0. The van der Waals surface area contributed by atoms with Gasteiger partial charge in [0.1, 0.15) is 11.5 Å². The Morgan fingerprint density at radius 2 is 2.03 bits per heavy atom. The molecular formula is C24H32F3N5O4S. The molecule has 2 aromatic heterocycles. The Kier molecular flexibility index (Phi) is 9.48. The molecule has 0 radical (unpaired) electrons. The lowest BCUT2D eigenvalue weighted by molar-refractivity contribution is 0.0742. The molecule has 13 heteroatoms. The van der Waals surface area contributed by atoms with Crippen molar-refractivity contribution in [1.82, 2.24) is 20.4 Å². The zero-order chi connectivity index (χ0) is 27.3. The second kappa shape index (κ2) is 12.2. The van der Waals surface area contributed by atoms with E-state index < -0.39 is 23.8 Å². The molecule has 2 aliphatic rings. The Labute approximate surface area is 217 Å². The van der Waals surface area contributed by atoms with E-state index in [0.29, 0.717) is 24.5 Å². The maximum absolute atomic E-state index is 13.9. The van der Waals surface area contributed by atoms with Crippen LogP contribution in [-0.2, 0) is 4.74 Å². The van der Waals surface area contributed by atoms with Crippen molar-refractivity contribution in [3.63, 3.8) is 0 Å². The Morgan fingerprint density at radius 1 is 1.30 bits per heavy atom. The number of alkyl halides is 2. The number of likely N-dealkylation sites (tertiary alicyclic amines) is 1. The van der Waals surface area contributed by atoms with Crippen molar-refractivity contribution in [2.75, 3.05) is 25.1 Å². The molecule has 4 heterocycles. The maximum Gasteiger partial charge on any atom is 0.307 e. The van der Waals surface area contributed by atoms with E-state index in [-0.39, 0.29) is 44.7 Å². The van der Waals surface area contributed by atoms with Gasteiger partial charge in [0.15, 0.2) is 5.01 Å². The smallest absolute Gasteiger partial charge is 0.307 e. The van der Waals surface area contributed by atoms with Gasteiger partial charge >= 0.3 is 5.91 Å². The molecule has 4 rings (SSSR count). The van der Waals surface area contributed by atoms with Crippen LogP contribution >= 0.6 is 11.3 Å². The fourth-order valence-electron chi connectivity index (χ4n) is 3.97. The molecule has 0 spiro atoms. The second-order valence-corrected chi connectivity index (χ2v) is 11.0. The first-order valence-corrected chi connectivity index (χ1v) is 12.8. The standard InChI is InChI=1S/C20H24F3N5O2S.C4H8O2/c1-10-6-5-7-28(10)19(30)14-15(31-18(25-14)17(29)27-23)12-9-24-13(26-20(2,3)4)8-11(12)16(21)22;5-4-1-2-6-3-4/h8-10,16H,5-7H2,1-4H3,(H,24,26)(H,27,29);4-5H,1-3H2. The fourth-order valence-corrected chi connectivity index (χ4v) is 4.94. The first-order chi connectivity index (χ1) is 17.4. The molecule has 2 aromatic rings. The number of aliphatic hydroxyl groups is 1. The number of rotatable bonds is 5. The van der Waals surface area contributed by atoms with Crippen LogP contribution in [0.15, 0.2) is 12.3 Å². The number of nitrogens with one attached hydrogen (secondary N) is 2. The largest absolute Gasteiger partial charge is 0.391 e. The summed E-state index contributed by atoms with van der Waals surface area (Å²) in [7, 11) is 0. The lowest BCUT2D eigenvalue weighted by Gasteiger charge is -2.23. The average Bonchev–Trinajstić information content (AvgIpc) is 3.58. The topological polar surface area (TPSA) is 117 Å². The van der Waals surface area contributed by atoms with Gasteiger partial charge in [-0.3, -0.25) is 9.59 Å². The molecule has 204 valence electrons. The molecule has 2 atom stereocenters. The van der Waals surface area contributed by atoms with E-state index in [0.717, 1.165) is 31.4 Å². The van der Waals surface area contributed by atoms with E-state index in [2.05, 4.69) is 15.3 Å². The highest BCUT2D eigenvalue weighted by atomic mass is 32.1. The Hall–Kier alpha value is -2.77. The highest BCUT2D eigenvalue weighted by Crippen LogP contribution is 2.39. The summed E-state index contributed by atoms with van der Waals surface area (Å²) in [5, 5.41) is 11.3. The molecule has 0 bridgehead atoms. The predicted molar refractivity (Wildman–Crippen MR) is 133 cm³/mol. The van der Waals surface area contributed by atoms with Crippen molar-refractivity contribution < 1.29 is 32.7 Å². The minimum atomic E-state index is -2.87. The fraction of sp³-hybridized carbons (Fsp3) is 0.583. The number of aromatic nitrogens is 2. The number of halogens is 3. The number of hydrogen-bond acceptors (Lipinski definition) is 8. The number of hydrogen-bond donors (Lipinski definition) is 3. The summed E-state index contributed by atoms with van der Waals surface area (Å²) in [4.78, 5) is 34.8. The number of pyridine rings is 1. The van der Waals surface area contributed by atoms with Gasteiger partial charge in [-0.1, -0.05) is 4.48 Å². The summed E-state index contributed by atoms with van der Waals surface area (Å²) in [6.07, 6.45) is 0.615. The quantitative estimate of drug-likeness (QED) is 0.480. The van der Waals surface area contributed by atoms with Gasteiger partial charge in [-0.15, -0.1) is 11.3 Å². The van der Waals surface area contributed by atoms with Crippen molar-refractivity contribution >= 4 is 29.0 Å². The normalized spacial score (nSPS) is 19.5. The lowest BCUT2D eigenvalue weighted by Crippen LogP contribution is -2.34. The van der Waals surface area contributed by atoms with Crippen LogP contribution in [0, 0.1) is 0 Å². The van der Waals surface area contributed by atoms with Gasteiger partial charge < -0.3 is 20.1 Å². The van der Waals surface area contributed by atoms with Crippen molar-refractivity contribution in [2.45, 2.75) is 71.1 Å². The van der Waals surface area contributed by atoms with E-state index in [1.165, 1.54) is 12.3 Å². The van der Waals surface area contributed by atoms with E-state index in [9.17, 15) is 22.9 Å². The summed E-state index contributed by atoms with van der Waals surface area (Å²) in [6.45, 7) is 9.25. The highest BCUT2D eigenvalue weighted by Gasteiger charge is 2.33. The molecule has 2 amide bonds. The summed E-state index contributed by atoms with van der Waals surface area (Å²) < 4.78 is 45.4. The predicted octanol–water partition coefficient (Wildman–Crippen LogP) is 4.36. The van der Waals surface area contributed by atoms with Gasteiger partial charge in [0, 0.05) is 42.1 Å². The molecule has 0 aliphatic carbocycles. The van der Waals surface area contributed by atoms with Crippen LogP contribution in [0.2, 0.25) is 0 Å². The highest BCUT2D eigenvalue weighted by molar-refractivity contribution is 7.17. The number of anilines is 1. The molecule has 2 fully saturated rings. The first kappa shape index (κ1) is 28.8. The van der Waals surface area contributed by atoms with Gasteiger partial charge in [0.05, 0.1) is 17.6 Å². The average molecular weight is 544 g/mol. The number of carbonyl (C=O) groups excluding carboxylic acids is 2. The van der Waals surface area contributed by atoms with Gasteiger partial charge in [-0.2, -0.15) is 5.54 Å². The van der Waals surface area contributed by atoms with Gasteiger partial charge in [-0.05, 0) is 53.0 Å². The van der Waals surface area contributed by atoms with Gasteiger partial charge in [0.25, 0.3) is 12.3 Å². The molecule has 2 saturated heterocycles. The first-order valence-electron chi connectivity index (χ1n) is 12.0. The number of thiazole rings is 1. The van der Waals surface area contributed by atoms with Crippen LogP contribution in [0.3, 0.4) is 0 Å². The third-order valence-electron chi connectivity index (χ3n) is 5.75. The van der Waals surface area contributed by atoms with E-state index in [4.69, 9.17) is 9.84 Å². The Bertz CT molecular complexity index is 1100. The summed E-state index contributed by atoms with van der Waals surface area (Å²) >= 11 is 0.680. The van der Waals surface area contributed by atoms with Crippen molar-refractivity contribution in [3.05, 3.63) is 28.5 Å².